The Morgan fingerprint density at radius 1 is 1.22 bits per heavy atom. The smallest absolute Gasteiger partial charge is 0.370 e. The van der Waals surface area contributed by atoms with Crippen molar-refractivity contribution in [2.45, 2.75) is 24.6 Å². The van der Waals surface area contributed by atoms with E-state index in [-0.39, 0.29) is 5.54 Å². The molecular formula is C15H18F3N5. The van der Waals surface area contributed by atoms with Gasteiger partial charge >= 0.3 is 6.18 Å². The lowest BCUT2D eigenvalue weighted by molar-refractivity contribution is -0.137. The van der Waals surface area contributed by atoms with Crippen LogP contribution in [-0.2, 0) is 6.18 Å². The van der Waals surface area contributed by atoms with E-state index < -0.39 is 11.7 Å². The van der Waals surface area contributed by atoms with Crippen LogP contribution in [-0.4, -0.2) is 41.2 Å². The number of rotatable bonds is 1. The number of anilines is 1. The highest BCUT2D eigenvalue weighted by Gasteiger charge is 2.38. The van der Waals surface area contributed by atoms with Crippen molar-refractivity contribution in [3.8, 4) is 0 Å². The van der Waals surface area contributed by atoms with Crippen LogP contribution in [0.4, 0.5) is 18.9 Å². The van der Waals surface area contributed by atoms with E-state index in [2.05, 4.69) is 15.6 Å². The fourth-order valence-electron chi connectivity index (χ4n) is 3.57. The van der Waals surface area contributed by atoms with Crippen molar-refractivity contribution in [2.75, 3.05) is 31.2 Å². The highest BCUT2D eigenvalue weighted by Crippen LogP contribution is 2.35. The van der Waals surface area contributed by atoms with Crippen molar-refractivity contribution in [2.24, 2.45) is 0 Å². The molecule has 23 heavy (non-hydrogen) atoms. The quantitative estimate of drug-likeness (QED) is 0.840. The molecule has 8 heteroatoms. The van der Waals surface area contributed by atoms with E-state index in [1.807, 2.05) is 4.90 Å². The minimum absolute atomic E-state index is 0.0919. The maximum atomic E-state index is 13.1. The summed E-state index contributed by atoms with van der Waals surface area (Å²) >= 11 is 0. The van der Waals surface area contributed by atoms with Crippen molar-refractivity contribution in [3.63, 3.8) is 0 Å². The molecule has 0 saturated carbocycles. The minimum Gasteiger partial charge on any atom is -0.370 e. The molecule has 2 N–H and O–H groups in total. The predicted octanol–water partition coefficient (Wildman–Crippen LogP) is 1.84. The number of halogens is 3. The maximum absolute atomic E-state index is 13.1. The Bertz CT molecular complexity index is 707. The van der Waals surface area contributed by atoms with Gasteiger partial charge < -0.3 is 14.6 Å². The van der Waals surface area contributed by atoms with Crippen LogP contribution in [0.1, 0.15) is 18.4 Å². The largest absolute Gasteiger partial charge is 0.417 e. The first-order valence-electron chi connectivity index (χ1n) is 7.71. The molecule has 0 bridgehead atoms. The van der Waals surface area contributed by atoms with Gasteiger partial charge in [0.2, 0.25) is 0 Å². The minimum atomic E-state index is -4.36. The van der Waals surface area contributed by atoms with Crippen molar-refractivity contribution < 1.29 is 13.2 Å². The van der Waals surface area contributed by atoms with Gasteiger partial charge in [-0.2, -0.15) is 13.2 Å². The van der Waals surface area contributed by atoms with Crippen LogP contribution in [0.3, 0.4) is 0 Å². The van der Waals surface area contributed by atoms with E-state index in [0.717, 1.165) is 45.3 Å². The van der Waals surface area contributed by atoms with E-state index in [0.29, 0.717) is 11.2 Å². The fraction of sp³-hybridized carbons (Fsp3) is 0.533. The Labute approximate surface area is 131 Å². The van der Waals surface area contributed by atoms with E-state index >= 15 is 0 Å². The zero-order valence-corrected chi connectivity index (χ0v) is 12.5. The topological polar surface area (TPSA) is 44.6 Å². The van der Waals surface area contributed by atoms with Crippen molar-refractivity contribution in [3.05, 3.63) is 30.4 Å². The second-order valence-corrected chi connectivity index (χ2v) is 6.35. The molecule has 2 fully saturated rings. The molecule has 1 spiro atoms. The zero-order valence-electron chi connectivity index (χ0n) is 12.5. The lowest BCUT2D eigenvalue weighted by Crippen LogP contribution is -2.52. The molecule has 0 amide bonds. The molecule has 0 unspecified atom stereocenters. The molecule has 124 valence electrons. The summed E-state index contributed by atoms with van der Waals surface area (Å²) in [6.07, 6.45) is 1.60. The molecule has 0 atom stereocenters. The molecule has 4 heterocycles. The lowest BCUT2D eigenvalue weighted by atomic mass is 9.88. The van der Waals surface area contributed by atoms with Crippen LogP contribution in [0.25, 0.3) is 5.52 Å². The van der Waals surface area contributed by atoms with E-state index in [9.17, 15) is 13.2 Å². The third-order valence-corrected chi connectivity index (χ3v) is 4.94. The Balaban J connectivity index is 1.67. The lowest BCUT2D eigenvalue weighted by Gasteiger charge is -2.40. The van der Waals surface area contributed by atoms with Gasteiger partial charge in [0, 0.05) is 38.0 Å². The normalized spacial score (nSPS) is 21.4. The third kappa shape index (κ3) is 2.55. The second kappa shape index (κ2) is 5.10. The predicted molar refractivity (Wildman–Crippen MR) is 80.4 cm³/mol. The maximum Gasteiger partial charge on any atom is 0.417 e. The summed E-state index contributed by atoms with van der Waals surface area (Å²) in [6, 6.07) is 1.25. The van der Waals surface area contributed by atoms with Gasteiger partial charge in [-0.05, 0) is 18.9 Å². The molecule has 2 saturated heterocycles. The van der Waals surface area contributed by atoms with Crippen LogP contribution in [0, 0.1) is 0 Å². The number of nitrogens with zero attached hydrogens (tertiary/aromatic N) is 3. The number of piperidine rings is 1. The summed E-state index contributed by atoms with van der Waals surface area (Å²) in [5.41, 5.74) is 0.776. The van der Waals surface area contributed by atoms with Crippen LogP contribution in [0.5, 0.6) is 0 Å². The van der Waals surface area contributed by atoms with Crippen molar-refractivity contribution in [1.29, 1.82) is 0 Å². The number of aromatic nitrogens is 2. The molecule has 2 aliphatic rings. The van der Waals surface area contributed by atoms with Crippen LogP contribution >= 0.6 is 0 Å². The van der Waals surface area contributed by atoms with Gasteiger partial charge in [0.25, 0.3) is 0 Å². The van der Waals surface area contributed by atoms with Gasteiger partial charge in [-0.15, -0.1) is 0 Å². The Morgan fingerprint density at radius 2 is 2.00 bits per heavy atom. The number of hydrogen-bond acceptors (Lipinski definition) is 4. The molecule has 0 aromatic carbocycles. The van der Waals surface area contributed by atoms with E-state index in [4.69, 9.17) is 0 Å². The standard InChI is InChI=1S/C15H18F3N5/c16-15(17,18)11-5-12(13-6-19-10-23(13)7-11)22-3-1-14(2-4-22)8-20-9-21-14/h5-7,10,20-21H,1-4,8-9H2. The van der Waals surface area contributed by atoms with Gasteiger partial charge in [-0.1, -0.05) is 0 Å². The summed E-state index contributed by atoms with van der Waals surface area (Å²) in [5.74, 6) is 0. The fourth-order valence-corrected chi connectivity index (χ4v) is 3.57. The first-order valence-corrected chi connectivity index (χ1v) is 7.71. The molecule has 2 aliphatic heterocycles. The van der Waals surface area contributed by atoms with Crippen molar-refractivity contribution >= 4 is 11.2 Å². The molecular weight excluding hydrogens is 307 g/mol. The average molecular weight is 325 g/mol. The number of pyridine rings is 1. The Hall–Kier alpha value is -1.80. The molecule has 4 rings (SSSR count). The number of alkyl halides is 3. The average Bonchev–Trinajstić information content (AvgIpc) is 3.15. The second-order valence-electron chi connectivity index (χ2n) is 6.35. The highest BCUT2D eigenvalue weighted by molar-refractivity contribution is 5.73. The van der Waals surface area contributed by atoms with Crippen LogP contribution in [0.2, 0.25) is 0 Å². The molecule has 2 aromatic rings. The molecule has 0 radical (unpaired) electrons. The monoisotopic (exact) mass is 325 g/mol. The first kappa shape index (κ1) is 14.8. The van der Waals surface area contributed by atoms with Gasteiger partial charge in [-0.3, -0.25) is 5.32 Å². The summed E-state index contributed by atoms with van der Waals surface area (Å²) in [6.45, 7) is 3.19. The number of fused-ring (bicyclic) bond motifs is 1. The van der Waals surface area contributed by atoms with E-state index in [1.165, 1.54) is 16.8 Å². The summed E-state index contributed by atoms with van der Waals surface area (Å²) in [5, 5.41) is 6.78. The summed E-state index contributed by atoms with van der Waals surface area (Å²) < 4.78 is 40.9. The van der Waals surface area contributed by atoms with E-state index in [1.54, 1.807) is 6.20 Å². The van der Waals surface area contributed by atoms with Gasteiger partial charge in [0.15, 0.2) is 0 Å². The molecule has 0 aliphatic carbocycles. The Kier molecular flexibility index (Phi) is 3.28. The Morgan fingerprint density at radius 3 is 2.65 bits per heavy atom. The number of hydrogen-bond donors (Lipinski definition) is 2. The van der Waals surface area contributed by atoms with Crippen molar-refractivity contribution in [1.82, 2.24) is 20.0 Å². The SMILES string of the molecule is FC(F)(F)c1cc(N2CCC3(CC2)CNCN3)c2cncn2c1. The number of nitrogens with one attached hydrogen (secondary N) is 2. The first-order chi connectivity index (χ1) is 11.0. The summed E-state index contributed by atoms with van der Waals surface area (Å²) in [4.78, 5) is 6.04. The third-order valence-electron chi connectivity index (χ3n) is 4.94. The van der Waals surface area contributed by atoms with Gasteiger partial charge in [0.1, 0.15) is 0 Å². The van der Waals surface area contributed by atoms with Crippen LogP contribution < -0.4 is 15.5 Å². The number of imidazole rings is 1. The molecule has 2 aromatic heterocycles. The zero-order chi connectivity index (χ0) is 16.1. The van der Waals surface area contributed by atoms with Gasteiger partial charge in [0.05, 0.1) is 29.3 Å². The molecule has 5 nitrogen and oxygen atoms in total. The summed E-state index contributed by atoms with van der Waals surface area (Å²) in [7, 11) is 0. The van der Waals surface area contributed by atoms with Crippen LogP contribution in [0.15, 0.2) is 24.8 Å². The highest BCUT2D eigenvalue weighted by atomic mass is 19.4. The van der Waals surface area contributed by atoms with Gasteiger partial charge in [-0.25, -0.2) is 4.98 Å².